The topological polar surface area (TPSA) is 40.5 Å². The fourth-order valence-electron chi connectivity index (χ4n) is 2.91. The molecule has 3 heteroatoms. The van der Waals surface area contributed by atoms with Crippen LogP contribution in [0.2, 0.25) is 0 Å². The second-order valence-electron chi connectivity index (χ2n) is 6.94. The van der Waals surface area contributed by atoms with E-state index in [1.165, 1.54) is 5.56 Å². The smallest absolute Gasteiger partial charge is 0.226 e. The average Bonchev–Trinajstić information content (AvgIpc) is 2.44. The minimum atomic E-state index is -0.624. The molecule has 0 saturated carbocycles. The van der Waals surface area contributed by atoms with Gasteiger partial charge < -0.3 is 10.0 Å². The van der Waals surface area contributed by atoms with Crippen molar-refractivity contribution in [3.63, 3.8) is 0 Å². The Bertz CT molecular complexity index is 471. The van der Waals surface area contributed by atoms with Crippen LogP contribution in [0.5, 0.6) is 0 Å². The molecule has 0 fully saturated rings. The van der Waals surface area contributed by atoms with Crippen LogP contribution in [-0.2, 0) is 4.79 Å². The molecule has 1 aromatic carbocycles. The third-order valence-electron chi connectivity index (χ3n) is 4.46. The molecule has 124 valence electrons. The zero-order valence-electron chi connectivity index (χ0n) is 15.0. The van der Waals surface area contributed by atoms with Gasteiger partial charge in [0.25, 0.3) is 0 Å². The van der Waals surface area contributed by atoms with Gasteiger partial charge in [-0.3, -0.25) is 4.79 Å². The molecule has 0 aromatic heterocycles. The van der Waals surface area contributed by atoms with Crippen LogP contribution in [0.25, 0.3) is 0 Å². The summed E-state index contributed by atoms with van der Waals surface area (Å²) in [7, 11) is 0. The summed E-state index contributed by atoms with van der Waals surface area (Å²) in [5, 5.41) is 10.6. The number of benzene rings is 1. The lowest BCUT2D eigenvalue weighted by atomic mass is 9.85. The first-order chi connectivity index (χ1) is 10.2. The van der Waals surface area contributed by atoms with Gasteiger partial charge in [-0.2, -0.15) is 0 Å². The molecule has 0 unspecified atom stereocenters. The second-order valence-corrected chi connectivity index (χ2v) is 6.94. The summed E-state index contributed by atoms with van der Waals surface area (Å²) in [5.74, 6) is -0.236. The van der Waals surface area contributed by atoms with Crippen LogP contribution in [0.3, 0.4) is 0 Å². The van der Waals surface area contributed by atoms with E-state index in [1.54, 1.807) is 0 Å². The minimum Gasteiger partial charge on any atom is -0.388 e. The summed E-state index contributed by atoms with van der Waals surface area (Å²) >= 11 is 0. The van der Waals surface area contributed by atoms with Gasteiger partial charge in [0.2, 0.25) is 5.91 Å². The van der Waals surface area contributed by atoms with Gasteiger partial charge in [-0.05, 0) is 46.1 Å². The maximum absolute atomic E-state index is 12.8. The Hall–Kier alpha value is -1.35. The lowest BCUT2D eigenvalue weighted by molar-refractivity contribution is -0.141. The summed E-state index contributed by atoms with van der Waals surface area (Å²) in [6, 6.07) is 8.20. The van der Waals surface area contributed by atoms with E-state index in [4.69, 9.17) is 0 Å². The van der Waals surface area contributed by atoms with E-state index >= 15 is 0 Å². The highest BCUT2D eigenvalue weighted by molar-refractivity contribution is 5.79. The number of amides is 1. The highest BCUT2D eigenvalue weighted by Crippen LogP contribution is 2.30. The van der Waals surface area contributed by atoms with Crippen molar-refractivity contribution in [3.05, 3.63) is 35.4 Å². The number of carbonyl (C=O) groups is 1. The lowest BCUT2D eigenvalue weighted by Gasteiger charge is -2.35. The van der Waals surface area contributed by atoms with Crippen LogP contribution >= 0.6 is 0 Å². The number of hydrogen-bond donors (Lipinski definition) is 1. The number of rotatable bonds is 6. The van der Waals surface area contributed by atoms with Crippen molar-refractivity contribution in [3.8, 4) is 0 Å². The number of nitrogens with zero attached hydrogens (tertiary/aromatic N) is 1. The number of aliphatic hydroxyl groups excluding tert-OH is 1. The van der Waals surface area contributed by atoms with Crippen molar-refractivity contribution < 1.29 is 9.90 Å². The van der Waals surface area contributed by atoms with E-state index < -0.39 is 6.10 Å². The Morgan fingerprint density at radius 3 is 1.82 bits per heavy atom. The zero-order valence-corrected chi connectivity index (χ0v) is 15.0. The molecular formula is C19H31NO2. The molecule has 0 aliphatic rings. The maximum Gasteiger partial charge on any atom is 0.226 e. The summed E-state index contributed by atoms with van der Waals surface area (Å²) in [6.07, 6.45) is -0.624. The van der Waals surface area contributed by atoms with Crippen molar-refractivity contribution >= 4 is 5.91 Å². The monoisotopic (exact) mass is 305 g/mol. The Morgan fingerprint density at radius 2 is 1.41 bits per heavy atom. The van der Waals surface area contributed by atoms with Gasteiger partial charge >= 0.3 is 0 Å². The molecule has 0 bridgehead atoms. The molecule has 0 heterocycles. The highest BCUT2D eigenvalue weighted by Gasteiger charge is 2.32. The Labute approximate surface area is 135 Å². The summed E-state index contributed by atoms with van der Waals surface area (Å²) in [6.45, 7) is 14.0. The second kappa shape index (κ2) is 7.77. The fraction of sp³-hybridized carbons (Fsp3) is 0.632. The summed E-state index contributed by atoms with van der Waals surface area (Å²) < 4.78 is 0. The molecule has 0 aliphatic heterocycles. The first kappa shape index (κ1) is 18.7. The zero-order chi connectivity index (χ0) is 17.0. The molecule has 1 aromatic rings. The van der Waals surface area contributed by atoms with Crippen LogP contribution in [0, 0.1) is 18.8 Å². The van der Waals surface area contributed by atoms with E-state index in [0.29, 0.717) is 0 Å². The highest BCUT2D eigenvalue weighted by atomic mass is 16.3. The third-order valence-corrected chi connectivity index (χ3v) is 4.46. The molecule has 22 heavy (non-hydrogen) atoms. The van der Waals surface area contributed by atoms with Crippen LogP contribution < -0.4 is 0 Å². The lowest BCUT2D eigenvalue weighted by Crippen LogP contribution is -2.46. The molecule has 1 rings (SSSR count). The van der Waals surface area contributed by atoms with Gasteiger partial charge in [0.05, 0.1) is 6.10 Å². The van der Waals surface area contributed by atoms with Crippen LogP contribution in [0.4, 0.5) is 0 Å². The van der Waals surface area contributed by atoms with E-state index in [9.17, 15) is 9.90 Å². The van der Waals surface area contributed by atoms with Gasteiger partial charge in [-0.1, -0.05) is 43.7 Å². The Morgan fingerprint density at radius 1 is 0.955 bits per heavy atom. The van der Waals surface area contributed by atoms with Gasteiger partial charge in [0.1, 0.15) is 0 Å². The third kappa shape index (κ3) is 4.33. The molecule has 0 radical (unpaired) electrons. The Balaban J connectivity index is 2.88. The first-order valence-corrected chi connectivity index (χ1v) is 8.23. The van der Waals surface area contributed by atoms with Gasteiger partial charge in [-0.15, -0.1) is 0 Å². The predicted octanol–water partition coefficient (Wildman–Crippen LogP) is 3.95. The normalized spacial score (nSPS) is 15.7. The number of hydrogen-bond acceptors (Lipinski definition) is 2. The molecule has 1 N–H and O–H groups in total. The molecule has 0 spiro atoms. The molecule has 0 aliphatic carbocycles. The van der Waals surface area contributed by atoms with Crippen molar-refractivity contribution in [1.29, 1.82) is 0 Å². The molecular weight excluding hydrogens is 274 g/mol. The SMILES string of the molecule is Cc1ccc([C@@H](O)[C@@H](C)[C@H](C)C(=O)N(C(C)C)C(C)C)cc1. The number of aliphatic hydroxyl groups is 1. The average molecular weight is 305 g/mol. The molecule has 1 amide bonds. The maximum atomic E-state index is 12.8. The summed E-state index contributed by atoms with van der Waals surface area (Å²) in [5.41, 5.74) is 2.04. The van der Waals surface area contributed by atoms with Crippen LogP contribution in [-0.4, -0.2) is 28.0 Å². The van der Waals surface area contributed by atoms with E-state index in [0.717, 1.165) is 5.56 Å². The van der Waals surface area contributed by atoms with E-state index in [-0.39, 0.29) is 29.8 Å². The van der Waals surface area contributed by atoms with Gasteiger partial charge in [0.15, 0.2) is 0 Å². The molecule has 3 nitrogen and oxygen atoms in total. The van der Waals surface area contributed by atoms with Crippen LogP contribution in [0.15, 0.2) is 24.3 Å². The number of carbonyl (C=O) groups excluding carboxylic acids is 1. The van der Waals surface area contributed by atoms with E-state index in [2.05, 4.69) is 0 Å². The molecule has 0 saturated heterocycles. The fourth-order valence-corrected chi connectivity index (χ4v) is 2.91. The van der Waals surface area contributed by atoms with Gasteiger partial charge in [0, 0.05) is 18.0 Å². The van der Waals surface area contributed by atoms with Gasteiger partial charge in [-0.25, -0.2) is 0 Å². The number of aryl methyl sites for hydroxylation is 1. The standard InChI is InChI=1S/C19H31NO2/c1-12(2)20(13(3)4)19(22)16(7)15(6)18(21)17-10-8-14(5)9-11-17/h8-13,15-16,18,21H,1-7H3/t15-,16-,18-/m0/s1. The Kier molecular flexibility index (Phi) is 6.61. The quantitative estimate of drug-likeness (QED) is 0.864. The van der Waals surface area contributed by atoms with Crippen molar-refractivity contribution in [2.45, 2.75) is 66.7 Å². The first-order valence-electron chi connectivity index (χ1n) is 8.23. The largest absolute Gasteiger partial charge is 0.388 e. The minimum absolute atomic E-state index is 0.115. The van der Waals surface area contributed by atoms with Crippen molar-refractivity contribution in [2.75, 3.05) is 0 Å². The molecule has 3 atom stereocenters. The van der Waals surface area contributed by atoms with Crippen molar-refractivity contribution in [2.24, 2.45) is 11.8 Å². The van der Waals surface area contributed by atoms with E-state index in [1.807, 2.05) is 77.6 Å². The predicted molar refractivity (Wildman–Crippen MR) is 91.6 cm³/mol. The van der Waals surface area contributed by atoms with Crippen molar-refractivity contribution in [1.82, 2.24) is 4.90 Å². The van der Waals surface area contributed by atoms with Crippen LogP contribution in [0.1, 0.15) is 58.8 Å². The summed E-state index contributed by atoms with van der Waals surface area (Å²) in [4.78, 5) is 14.7.